The first kappa shape index (κ1) is 22.5. The molecule has 0 aliphatic carbocycles. The second kappa shape index (κ2) is 5.49. The minimum atomic E-state index is -9.53. The molecule has 0 aliphatic rings. The van der Waals surface area contributed by atoms with E-state index < -0.39 is 50.4 Å². The third-order valence-corrected chi connectivity index (χ3v) is 6.28. The molecule has 0 N–H and O–H groups in total. The van der Waals surface area contributed by atoms with Crippen LogP contribution in [-0.4, -0.2) is 43.1 Å². The minimum absolute atomic E-state index is 0.646. The summed E-state index contributed by atoms with van der Waals surface area (Å²) in [4.78, 5) is 23.0. The third kappa shape index (κ3) is 4.31. The van der Waals surface area contributed by atoms with E-state index in [-0.39, 0.29) is 0 Å². The molecule has 0 bridgehead atoms. The van der Waals surface area contributed by atoms with Crippen LogP contribution in [0.4, 0.5) is 52.7 Å². The van der Waals surface area contributed by atoms with Gasteiger partial charge < -0.3 is 0 Å². The first-order valence-electron chi connectivity index (χ1n) is 4.89. The molecular weight excluding hydrogens is 391 g/mol. The van der Waals surface area contributed by atoms with Gasteiger partial charge in [0.2, 0.25) is 0 Å². The van der Waals surface area contributed by atoms with Crippen molar-refractivity contribution in [2.75, 3.05) is 7.11 Å². The Morgan fingerprint density at radius 3 is 0.870 bits per heavy atom. The van der Waals surface area contributed by atoms with E-state index in [4.69, 9.17) is 0 Å². The number of alkyl halides is 12. The van der Waals surface area contributed by atoms with E-state index in [1.165, 1.54) is 0 Å². The van der Waals surface area contributed by atoms with Crippen molar-refractivity contribution in [3.05, 3.63) is 0 Å². The van der Waals surface area contributed by atoms with Crippen LogP contribution >= 0.6 is 7.28 Å². The Morgan fingerprint density at radius 2 is 0.783 bits per heavy atom. The first-order valence-corrected chi connectivity index (χ1v) is 7.02. The van der Waals surface area contributed by atoms with Crippen LogP contribution in [0.25, 0.3) is 0 Å². The van der Waals surface area contributed by atoms with Gasteiger partial charge in [-0.15, -0.1) is 0 Å². The predicted molar refractivity (Wildman–Crippen MR) is 45.7 cm³/mol. The summed E-state index contributed by atoms with van der Waals surface area (Å²) in [5.74, 6) is 0. The summed E-state index contributed by atoms with van der Waals surface area (Å²) in [7, 11) is -10.2. The van der Waals surface area contributed by atoms with Gasteiger partial charge in [0.1, 0.15) is 0 Å². The molecule has 0 saturated carbocycles. The summed E-state index contributed by atoms with van der Waals surface area (Å²) >= 11 is 0. The van der Waals surface area contributed by atoms with Crippen molar-refractivity contribution in [3.63, 3.8) is 0 Å². The van der Waals surface area contributed by atoms with Gasteiger partial charge in [-0.3, -0.25) is 0 Å². The topological polar surface area (TPSA) is 55.3 Å². The van der Waals surface area contributed by atoms with Gasteiger partial charge in [-0.1, -0.05) is 0 Å². The van der Waals surface area contributed by atoms with Crippen LogP contribution in [0, 0.1) is 0 Å². The molecule has 0 heterocycles. The molecule has 0 atom stereocenters. The Hall–Kier alpha value is -0.530. The van der Waals surface area contributed by atoms with E-state index in [1.807, 2.05) is 0 Å². The standard InChI is InChI=1S/C7H5F12O3P/c1-22-23(20,21,2(4(8,9)10)5(11,12)13)3(6(14,15)16)7(17,18)19/h2-3H,1H3/q-2. The Kier molecular flexibility index (Phi) is 5.37. The van der Waals surface area contributed by atoms with Gasteiger partial charge >= 0.3 is 117 Å². The molecule has 0 amide bonds. The second-order valence-corrected chi connectivity index (χ2v) is 7.57. The summed E-state index contributed by atoms with van der Waals surface area (Å²) in [6.07, 6.45) is -28.2. The fraction of sp³-hybridized carbons (Fsp3) is 1.00. The average Bonchev–Trinajstić information content (AvgIpc) is 2.05. The number of hydrogen-bond donors (Lipinski definition) is 0. The number of rotatable bonds is 3. The van der Waals surface area contributed by atoms with E-state index in [0.717, 1.165) is 0 Å². The summed E-state index contributed by atoms with van der Waals surface area (Å²) in [5.41, 5.74) is -12.1. The molecule has 0 radical (unpaired) electrons. The van der Waals surface area contributed by atoms with E-state index >= 15 is 0 Å². The first-order chi connectivity index (χ1) is 9.59. The number of hydrogen-bond acceptors (Lipinski definition) is 3. The average molecular weight is 396 g/mol. The molecule has 16 heteroatoms. The van der Waals surface area contributed by atoms with E-state index in [9.17, 15) is 62.5 Å². The Labute approximate surface area is 119 Å². The molecule has 0 fully saturated rings. The zero-order chi connectivity index (χ0) is 19.3. The van der Waals surface area contributed by atoms with E-state index in [0.29, 0.717) is 0 Å². The van der Waals surface area contributed by atoms with E-state index in [2.05, 4.69) is 4.52 Å². The maximum atomic E-state index is 12.4. The van der Waals surface area contributed by atoms with Gasteiger partial charge in [-0.2, -0.15) is 0 Å². The van der Waals surface area contributed by atoms with Crippen molar-refractivity contribution in [1.82, 2.24) is 0 Å². The van der Waals surface area contributed by atoms with Gasteiger partial charge in [0.05, 0.1) is 0 Å². The summed E-state index contributed by atoms with van der Waals surface area (Å²) in [6.45, 7) is 0. The number of halogens is 12. The molecule has 23 heavy (non-hydrogen) atoms. The molecule has 0 aromatic heterocycles. The van der Waals surface area contributed by atoms with Crippen molar-refractivity contribution in [2.24, 2.45) is 0 Å². The maximum absolute atomic E-state index is 12.4. The van der Waals surface area contributed by atoms with Crippen LogP contribution in [0.5, 0.6) is 0 Å². The molecule has 0 unspecified atom stereocenters. The zero-order valence-electron chi connectivity index (χ0n) is 10.4. The van der Waals surface area contributed by atoms with Crippen molar-refractivity contribution in [1.29, 1.82) is 0 Å². The normalized spacial score (nSPS) is 17.5. The molecular formula is C7H5F12O3P-2. The fourth-order valence-electron chi connectivity index (χ4n) is 1.79. The Bertz CT molecular complexity index is 368. The Morgan fingerprint density at radius 1 is 0.609 bits per heavy atom. The molecule has 0 spiro atoms. The van der Waals surface area contributed by atoms with Crippen LogP contribution in [0.15, 0.2) is 0 Å². The van der Waals surface area contributed by atoms with Gasteiger partial charge in [-0.05, 0) is 0 Å². The molecule has 3 nitrogen and oxygen atoms in total. The van der Waals surface area contributed by atoms with Crippen molar-refractivity contribution >= 4 is 7.28 Å². The molecule has 0 saturated heterocycles. The fourth-order valence-corrected chi connectivity index (χ4v) is 4.62. The van der Waals surface area contributed by atoms with E-state index in [1.54, 1.807) is 0 Å². The Balaban J connectivity index is 6.86. The summed E-state index contributed by atoms with van der Waals surface area (Å²) in [5, 5.41) is 0. The SMILES string of the molecule is COP([O-])([O-])(C(C(F)(F)F)C(F)(F)F)C(C(F)(F)F)C(F)(F)F. The molecule has 0 aliphatic heterocycles. The second-order valence-electron chi connectivity index (χ2n) is 4.16. The molecule has 0 aromatic carbocycles. The molecule has 142 valence electrons. The van der Waals surface area contributed by atoms with Crippen LogP contribution in [0.2, 0.25) is 0 Å². The van der Waals surface area contributed by atoms with Gasteiger partial charge in [-0.25, -0.2) is 0 Å². The zero-order valence-corrected chi connectivity index (χ0v) is 11.3. The van der Waals surface area contributed by atoms with Crippen molar-refractivity contribution in [3.8, 4) is 0 Å². The van der Waals surface area contributed by atoms with Gasteiger partial charge in [0.25, 0.3) is 0 Å². The third-order valence-electron chi connectivity index (χ3n) is 2.53. The molecule has 0 rings (SSSR count). The van der Waals surface area contributed by atoms with Crippen LogP contribution in [-0.2, 0) is 4.52 Å². The summed E-state index contributed by atoms with van der Waals surface area (Å²) in [6, 6.07) is 0. The quantitative estimate of drug-likeness (QED) is 0.545. The molecule has 0 aromatic rings. The van der Waals surface area contributed by atoms with Crippen LogP contribution < -0.4 is 9.79 Å². The van der Waals surface area contributed by atoms with Gasteiger partial charge in [0, 0.05) is 0 Å². The summed E-state index contributed by atoms with van der Waals surface area (Å²) < 4.78 is 151. The van der Waals surface area contributed by atoms with Crippen LogP contribution in [0.3, 0.4) is 0 Å². The van der Waals surface area contributed by atoms with Crippen molar-refractivity contribution < 1.29 is 67.0 Å². The van der Waals surface area contributed by atoms with Crippen molar-refractivity contribution in [2.45, 2.75) is 36.0 Å². The van der Waals surface area contributed by atoms with Gasteiger partial charge in [0.15, 0.2) is 0 Å². The van der Waals surface area contributed by atoms with Crippen LogP contribution in [0.1, 0.15) is 0 Å². The monoisotopic (exact) mass is 396 g/mol. The predicted octanol–water partition coefficient (Wildman–Crippen LogP) is 2.64.